The number of rotatable bonds is 3. The van der Waals surface area contributed by atoms with Gasteiger partial charge in [-0.1, -0.05) is 56.1 Å². The van der Waals surface area contributed by atoms with Gasteiger partial charge in [0.25, 0.3) is 0 Å². The van der Waals surface area contributed by atoms with Crippen molar-refractivity contribution in [1.82, 2.24) is 4.98 Å². The molecule has 0 aliphatic carbocycles. The molecule has 0 aliphatic rings. The standard InChI is InChI=1S/C16H10Br2N2S/c17-13-5-1-11(2-6-13)9-19-16-20-15(10-21-16)12-3-7-14(18)8-4-12/h1-10H/b19-9+. The Labute approximate surface area is 143 Å². The molecule has 0 spiro atoms. The van der Waals surface area contributed by atoms with Crippen LogP contribution in [-0.4, -0.2) is 11.2 Å². The van der Waals surface area contributed by atoms with E-state index in [4.69, 9.17) is 0 Å². The van der Waals surface area contributed by atoms with Gasteiger partial charge in [0.05, 0.1) is 5.69 Å². The summed E-state index contributed by atoms with van der Waals surface area (Å²) < 4.78 is 2.13. The molecule has 0 saturated carbocycles. The summed E-state index contributed by atoms with van der Waals surface area (Å²) in [6.07, 6.45) is 1.83. The molecule has 1 heterocycles. The lowest BCUT2D eigenvalue weighted by Gasteiger charge is -1.95. The Morgan fingerprint density at radius 1 is 0.905 bits per heavy atom. The molecule has 5 heteroatoms. The van der Waals surface area contributed by atoms with Gasteiger partial charge in [-0.2, -0.15) is 0 Å². The Hall–Kier alpha value is -1.30. The maximum absolute atomic E-state index is 4.54. The molecular formula is C16H10Br2N2S. The molecule has 1 aromatic heterocycles. The number of aliphatic imine (C=N–C) groups is 1. The van der Waals surface area contributed by atoms with Gasteiger partial charge in [-0.25, -0.2) is 9.98 Å². The SMILES string of the molecule is Brc1ccc(/C=N/c2nc(-c3ccc(Br)cc3)cs2)cc1. The van der Waals surface area contributed by atoms with Crippen molar-refractivity contribution in [3.05, 3.63) is 68.4 Å². The molecule has 2 aromatic carbocycles. The lowest BCUT2D eigenvalue weighted by atomic mass is 10.2. The first kappa shape index (κ1) is 14.6. The number of halogens is 2. The van der Waals surface area contributed by atoms with E-state index < -0.39 is 0 Å². The van der Waals surface area contributed by atoms with Crippen molar-refractivity contribution in [3.8, 4) is 11.3 Å². The van der Waals surface area contributed by atoms with Gasteiger partial charge in [-0.05, 0) is 29.8 Å². The van der Waals surface area contributed by atoms with E-state index in [9.17, 15) is 0 Å². The third-order valence-electron chi connectivity index (χ3n) is 2.83. The fourth-order valence-electron chi connectivity index (χ4n) is 1.76. The molecule has 2 nitrogen and oxygen atoms in total. The van der Waals surface area contributed by atoms with Crippen LogP contribution in [0.15, 0.2) is 67.8 Å². The number of hydrogen-bond acceptors (Lipinski definition) is 3. The highest BCUT2D eigenvalue weighted by Crippen LogP contribution is 2.27. The highest BCUT2D eigenvalue weighted by atomic mass is 79.9. The van der Waals surface area contributed by atoms with E-state index in [2.05, 4.69) is 41.8 Å². The summed E-state index contributed by atoms with van der Waals surface area (Å²) in [6.45, 7) is 0. The number of aromatic nitrogens is 1. The zero-order valence-electron chi connectivity index (χ0n) is 10.8. The second kappa shape index (κ2) is 6.64. The van der Waals surface area contributed by atoms with Crippen LogP contribution >= 0.6 is 43.2 Å². The molecule has 3 rings (SSSR count). The summed E-state index contributed by atoms with van der Waals surface area (Å²) >= 11 is 8.39. The van der Waals surface area contributed by atoms with Crippen molar-refractivity contribution in [2.45, 2.75) is 0 Å². The van der Waals surface area contributed by atoms with Gasteiger partial charge in [0.1, 0.15) is 0 Å². The Balaban J connectivity index is 1.78. The highest BCUT2D eigenvalue weighted by molar-refractivity contribution is 9.10. The predicted octanol–water partition coefficient (Wildman–Crippen LogP) is 6.09. The van der Waals surface area contributed by atoms with Crippen LogP contribution in [0.4, 0.5) is 5.13 Å². The number of nitrogens with zero attached hydrogens (tertiary/aromatic N) is 2. The van der Waals surface area contributed by atoms with Crippen molar-refractivity contribution in [2.75, 3.05) is 0 Å². The van der Waals surface area contributed by atoms with E-state index >= 15 is 0 Å². The average Bonchev–Trinajstić information content (AvgIpc) is 2.96. The Kier molecular flexibility index (Phi) is 4.63. The molecule has 21 heavy (non-hydrogen) atoms. The maximum atomic E-state index is 4.54. The normalized spacial score (nSPS) is 11.1. The molecular weight excluding hydrogens is 412 g/mol. The molecule has 0 unspecified atom stereocenters. The zero-order valence-corrected chi connectivity index (χ0v) is 14.8. The fraction of sp³-hybridized carbons (Fsp3) is 0. The molecule has 0 fully saturated rings. The third kappa shape index (κ3) is 3.87. The van der Waals surface area contributed by atoms with Crippen LogP contribution < -0.4 is 0 Å². The number of hydrogen-bond donors (Lipinski definition) is 0. The largest absolute Gasteiger partial charge is 0.227 e. The van der Waals surface area contributed by atoms with Crippen molar-refractivity contribution in [1.29, 1.82) is 0 Å². The maximum Gasteiger partial charge on any atom is 0.209 e. The van der Waals surface area contributed by atoms with Crippen molar-refractivity contribution < 1.29 is 0 Å². The molecule has 104 valence electrons. The first-order valence-corrected chi connectivity index (χ1v) is 8.68. The number of benzene rings is 2. The first-order valence-electron chi connectivity index (χ1n) is 6.22. The molecule has 0 N–H and O–H groups in total. The van der Waals surface area contributed by atoms with Crippen molar-refractivity contribution in [2.24, 2.45) is 4.99 Å². The van der Waals surface area contributed by atoms with E-state index in [1.54, 1.807) is 11.3 Å². The van der Waals surface area contributed by atoms with E-state index in [0.29, 0.717) is 0 Å². The predicted molar refractivity (Wildman–Crippen MR) is 96.6 cm³/mol. The molecule has 0 saturated heterocycles. The molecule has 0 amide bonds. The summed E-state index contributed by atoms with van der Waals surface area (Å²) in [6, 6.07) is 16.1. The van der Waals surface area contributed by atoms with Crippen molar-refractivity contribution in [3.63, 3.8) is 0 Å². The summed E-state index contributed by atoms with van der Waals surface area (Å²) in [7, 11) is 0. The third-order valence-corrected chi connectivity index (χ3v) is 4.63. The minimum absolute atomic E-state index is 0.760. The second-order valence-corrected chi connectivity index (χ2v) is 7.00. The van der Waals surface area contributed by atoms with Gasteiger partial charge < -0.3 is 0 Å². The van der Waals surface area contributed by atoms with Gasteiger partial charge in [0.15, 0.2) is 0 Å². The lowest BCUT2D eigenvalue weighted by Crippen LogP contribution is -1.79. The van der Waals surface area contributed by atoms with E-state index in [-0.39, 0.29) is 0 Å². The second-order valence-electron chi connectivity index (χ2n) is 4.33. The monoisotopic (exact) mass is 420 g/mol. The molecule has 0 bridgehead atoms. The summed E-state index contributed by atoms with van der Waals surface area (Å²) in [5, 5.41) is 2.79. The van der Waals surface area contributed by atoms with Crippen LogP contribution in [0.25, 0.3) is 11.3 Å². The van der Waals surface area contributed by atoms with Gasteiger partial charge in [-0.15, -0.1) is 11.3 Å². The van der Waals surface area contributed by atoms with Crippen LogP contribution in [0.5, 0.6) is 0 Å². The van der Waals surface area contributed by atoms with Gasteiger partial charge >= 0.3 is 0 Å². The quantitative estimate of drug-likeness (QED) is 0.470. The smallest absolute Gasteiger partial charge is 0.209 e. The van der Waals surface area contributed by atoms with Gasteiger partial charge in [0.2, 0.25) is 5.13 Å². The zero-order chi connectivity index (χ0) is 14.7. The van der Waals surface area contributed by atoms with Crippen LogP contribution in [0.2, 0.25) is 0 Å². The van der Waals surface area contributed by atoms with Crippen LogP contribution in [-0.2, 0) is 0 Å². The number of thiazole rings is 1. The minimum Gasteiger partial charge on any atom is -0.227 e. The Bertz CT molecular complexity index is 762. The summed E-state index contributed by atoms with van der Waals surface area (Å²) in [5.41, 5.74) is 3.11. The van der Waals surface area contributed by atoms with Crippen LogP contribution in [0.3, 0.4) is 0 Å². The minimum atomic E-state index is 0.760. The van der Waals surface area contributed by atoms with Gasteiger partial charge in [-0.3, -0.25) is 0 Å². The summed E-state index contributed by atoms with van der Waals surface area (Å²) in [5.74, 6) is 0. The highest BCUT2D eigenvalue weighted by Gasteiger charge is 2.03. The van der Waals surface area contributed by atoms with E-state index in [0.717, 1.165) is 30.9 Å². The molecule has 0 radical (unpaired) electrons. The lowest BCUT2D eigenvalue weighted by molar-refractivity contribution is 1.36. The molecule has 0 aliphatic heterocycles. The van der Waals surface area contributed by atoms with E-state index in [1.165, 1.54) is 0 Å². The van der Waals surface area contributed by atoms with E-state index in [1.807, 2.05) is 60.1 Å². The first-order chi connectivity index (χ1) is 10.2. The summed E-state index contributed by atoms with van der Waals surface area (Å²) in [4.78, 5) is 8.97. The Morgan fingerprint density at radius 2 is 1.52 bits per heavy atom. The fourth-order valence-corrected chi connectivity index (χ4v) is 2.95. The Morgan fingerprint density at radius 3 is 2.19 bits per heavy atom. The van der Waals surface area contributed by atoms with Gasteiger partial charge in [0, 0.05) is 26.1 Å². The molecule has 3 aromatic rings. The van der Waals surface area contributed by atoms with Crippen molar-refractivity contribution >= 4 is 54.5 Å². The van der Waals surface area contributed by atoms with Crippen LogP contribution in [0.1, 0.15) is 5.56 Å². The average molecular weight is 422 g/mol. The molecule has 0 atom stereocenters. The topological polar surface area (TPSA) is 25.2 Å². The van der Waals surface area contributed by atoms with Crippen LogP contribution in [0, 0.1) is 0 Å².